The lowest BCUT2D eigenvalue weighted by atomic mass is 10.3. The van der Waals surface area contributed by atoms with Gasteiger partial charge in [-0.05, 0) is 18.2 Å². The second-order valence-corrected chi connectivity index (χ2v) is 4.38. The number of hydrogen-bond donors (Lipinski definition) is 0. The number of rotatable bonds is 4. The quantitative estimate of drug-likeness (QED) is 0.852. The minimum Gasteiger partial charge on any atom is -0.490 e. The van der Waals surface area contributed by atoms with Crippen LogP contribution in [-0.4, -0.2) is 31.5 Å². The molecule has 0 unspecified atom stereocenters. The summed E-state index contributed by atoms with van der Waals surface area (Å²) in [7, 11) is 3.34. The highest BCUT2D eigenvalue weighted by Crippen LogP contribution is 2.22. The third kappa shape index (κ3) is 3.81. The van der Waals surface area contributed by atoms with Gasteiger partial charge in [-0.15, -0.1) is 0 Å². The molecule has 0 radical (unpaired) electrons. The van der Waals surface area contributed by atoms with E-state index >= 15 is 0 Å². The van der Waals surface area contributed by atoms with Crippen molar-refractivity contribution in [3.05, 3.63) is 28.5 Å². The molecule has 1 rings (SSSR count). The molecule has 1 aromatic rings. The van der Waals surface area contributed by atoms with Crippen molar-refractivity contribution in [2.24, 2.45) is 0 Å². The van der Waals surface area contributed by atoms with Gasteiger partial charge in [-0.2, -0.15) is 0 Å². The largest absolute Gasteiger partial charge is 0.490 e. The van der Waals surface area contributed by atoms with Crippen molar-refractivity contribution >= 4 is 21.8 Å². The van der Waals surface area contributed by atoms with Gasteiger partial charge in [-0.1, -0.05) is 15.9 Å². The first kappa shape index (κ1) is 13.0. The van der Waals surface area contributed by atoms with Crippen LogP contribution in [0.15, 0.2) is 22.7 Å². The van der Waals surface area contributed by atoms with Crippen LogP contribution in [0.2, 0.25) is 0 Å². The Morgan fingerprint density at radius 1 is 1.50 bits per heavy atom. The number of ether oxygens (including phenoxy) is 1. The standard InChI is InChI=1S/C11H13BrFNO2/c1-14(2)11(15)5-6-16-10-7-8(12)3-4-9(10)13/h3-4,7H,5-6H2,1-2H3. The first-order valence-electron chi connectivity index (χ1n) is 4.78. The second kappa shape index (κ2) is 5.84. The summed E-state index contributed by atoms with van der Waals surface area (Å²) in [5.74, 6) is -0.322. The van der Waals surface area contributed by atoms with Crippen LogP contribution in [-0.2, 0) is 4.79 Å². The van der Waals surface area contributed by atoms with Gasteiger partial charge in [0.2, 0.25) is 5.91 Å². The van der Waals surface area contributed by atoms with Gasteiger partial charge in [0.15, 0.2) is 11.6 Å². The lowest BCUT2D eigenvalue weighted by molar-refractivity contribution is -0.129. The van der Waals surface area contributed by atoms with Crippen LogP contribution < -0.4 is 4.74 Å². The molecular formula is C11H13BrFNO2. The lowest BCUT2D eigenvalue weighted by Gasteiger charge is -2.11. The predicted octanol–water partition coefficient (Wildman–Crippen LogP) is 2.45. The normalized spacial score (nSPS) is 10.0. The van der Waals surface area contributed by atoms with E-state index in [-0.39, 0.29) is 24.7 Å². The maximum Gasteiger partial charge on any atom is 0.225 e. The fourth-order valence-electron chi connectivity index (χ4n) is 1.06. The van der Waals surface area contributed by atoms with E-state index in [4.69, 9.17) is 4.74 Å². The van der Waals surface area contributed by atoms with E-state index in [0.29, 0.717) is 0 Å². The molecule has 0 aliphatic heterocycles. The number of nitrogens with zero attached hydrogens (tertiary/aromatic N) is 1. The molecule has 0 atom stereocenters. The van der Waals surface area contributed by atoms with Crippen molar-refractivity contribution < 1.29 is 13.9 Å². The minimum atomic E-state index is -0.430. The number of halogens is 2. The van der Waals surface area contributed by atoms with E-state index in [1.165, 1.54) is 17.0 Å². The highest BCUT2D eigenvalue weighted by molar-refractivity contribution is 9.10. The first-order valence-corrected chi connectivity index (χ1v) is 5.58. The molecule has 1 aromatic carbocycles. The van der Waals surface area contributed by atoms with Crippen LogP contribution in [0.25, 0.3) is 0 Å². The zero-order valence-electron chi connectivity index (χ0n) is 9.17. The van der Waals surface area contributed by atoms with E-state index < -0.39 is 5.82 Å². The van der Waals surface area contributed by atoms with Crippen LogP contribution in [0.3, 0.4) is 0 Å². The summed E-state index contributed by atoms with van der Waals surface area (Å²) in [4.78, 5) is 12.7. The van der Waals surface area contributed by atoms with E-state index in [0.717, 1.165) is 4.47 Å². The average Bonchev–Trinajstić information content (AvgIpc) is 2.22. The fraction of sp³-hybridized carbons (Fsp3) is 0.364. The molecule has 0 saturated carbocycles. The molecule has 0 spiro atoms. The maximum atomic E-state index is 13.2. The summed E-state index contributed by atoms with van der Waals surface area (Å²) in [6.07, 6.45) is 0.235. The molecule has 16 heavy (non-hydrogen) atoms. The van der Waals surface area contributed by atoms with Gasteiger partial charge in [-0.3, -0.25) is 4.79 Å². The smallest absolute Gasteiger partial charge is 0.225 e. The van der Waals surface area contributed by atoms with Gasteiger partial charge in [-0.25, -0.2) is 4.39 Å². The fourth-order valence-corrected chi connectivity index (χ4v) is 1.40. The minimum absolute atomic E-state index is 0.0459. The van der Waals surface area contributed by atoms with Crippen LogP contribution in [0.5, 0.6) is 5.75 Å². The van der Waals surface area contributed by atoms with E-state index in [9.17, 15) is 9.18 Å². The Balaban J connectivity index is 2.49. The van der Waals surface area contributed by atoms with Gasteiger partial charge < -0.3 is 9.64 Å². The van der Waals surface area contributed by atoms with Crippen LogP contribution in [0.1, 0.15) is 6.42 Å². The van der Waals surface area contributed by atoms with Crippen molar-refractivity contribution in [3.63, 3.8) is 0 Å². The predicted molar refractivity (Wildman–Crippen MR) is 62.9 cm³/mol. The number of hydrogen-bond acceptors (Lipinski definition) is 2. The zero-order chi connectivity index (χ0) is 12.1. The number of benzene rings is 1. The van der Waals surface area contributed by atoms with Crippen molar-refractivity contribution in [2.75, 3.05) is 20.7 Å². The molecular weight excluding hydrogens is 277 g/mol. The third-order valence-corrected chi connectivity index (χ3v) is 2.46. The maximum absolute atomic E-state index is 13.2. The Kier molecular flexibility index (Phi) is 4.73. The Bertz CT molecular complexity index is 382. The summed E-state index contributed by atoms with van der Waals surface area (Å²) in [5.41, 5.74) is 0. The average molecular weight is 290 g/mol. The van der Waals surface area contributed by atoms with Gasteiger partial charge in [0, 0.05) is 18.6 Å². The number of amides is 1. The summed E-state index contributed by atoms with van der Waals surface area (Å²) < 4.78 is 19.1. The molecule has 0 bridgehead atoms. The summed E-state index contributed by atoms with van der Waals surface area (Å²) in [6, 6.07) is 4.44. The van der Waals surface area contributed by atoms with Gasteiger partial charge in [0.05, 0.1) is 13.0 Å². The molecule has 0 N–H and O–H groups in total. The topological polar surface area (TPSA) is 29.5 Å². The Labute approximate surface area is 102 Å². The zero-order valence-corrected chi connectivity index (χ0v) is 10.8. The van der Waals surface area contributed by atoms with E-state index in [1.807, 2.05) is 0 Å². The molecule has 3 nitrogen and oxygen atoms in total. The van der Waals surface area contributed by atoms with E-state index in [2.05, 4.69) is 15.9 Å². The lowest BCUT2D eigenvalue weighted by Crippen LogP contribution is -2.23. The van der Waals surface area contributed by atoms with Crippen molar-refractivity contribution in [1.82, 2.24) is 4.90 Å². The summed E-state index contributed by atoms with van der Waals surface area (Å²) in [5, 5.41) is 0. The Hall–Kier alpha value is -1.10. The molecule has 0 saturated heterocycles. The van der Waals surface area contributed by atoms with Gasteiger partial charge in [0.1, 0.15) is 0 Å². The monoisotopic (exact) mass is 289 g/mol. The molecule has 0 fully saturated rings. The molecule has 0 aliphatic rings. The summed E-state index contributed by atoms with van der Waals surface area (Å²) >= 11 is 3.22. The molecule has 0 heterocycles. The second-order valence-electron chi connectivity index (χ2n) is 3.46. The van der Waals surface area contributed by atoms with Crippen molar-refractivity contribution in [2.45, 2.75) is 6.42 Å². The van der Waals surface area contributed by atoms with Crippen molar-refractivity contribution in [3.8, 4) is 5.75 Å². The molecule has 1 amide bonds. The van der Waals surface area contributed by atoms with Gasteiger partial charge in [0.25, 0.3) is 0 Å². The highest BCUT2D eigenvalue weighted by Gasteiger charge is 2.07. The van der Waals surface area contributed by atoms with Gasteiger partial charge >= 0.3 is 0 Å². The van der Waals surface area contributed by atoms with Crippen LogP contribution in [0.4, 0.5) is 4.39 Å². The molecule has 5 heteroatoms. The SMILES string of the molecule is CN(C)C(=O)CCOc1cc(Br)ccc1F. The van der Waals surface area contributed by atoms with Crippen molar-refractivity contribution in [1.29, 1.82) is 0 Å². The van der Waals surface area contributed by atoms with Crippen LogP contribution >= 0.6 is 15.9 Å². The molecule has 0 aliphatic carbocycles. The Morgan fingerprint density at radius 3 is 2.81 bits per heavy atom. The van der Waals surface area contributed by atoms with Crippen LogP contribution in [0, 0.1) is 5.82 Å². The third-order valence-electron chi connectivity index (χ3n) is 1.97. The molecule has 88 valence electrons. The molecule has 0 aromatic heterocycles. The number of carbonyl (C=O) groups is 1. The first-order chi connectivity index (χ1) is 7.50. The number of carbonyl (C=O) groups excluding carboxylic acids is 1. The summed E-state index contributed by atoms with van der Waals surface area (Å²) in [6.45, 7) is 0.171. The Morgan fingerprint density at radius 2 is 2.19 bits per heavy atom. The highest BCUT2D eigenvalue weighted by atomic mass is 79.9. The van der Waals surface area contributed by atoms with E-state index in [1.54, 1.807) is 20.2 Å².